The highest BCUT2D eigenvalue weighted by Gasteiger charge is 2.42. The van der Waals surface area contributed by atoms with Gasteiger partial charge in [-0.2, -0.15) is 0 Å². The molecule has 0 aromatic carbocycles. The first kappa shape index (κ1) is 14.7. The molecule has 2 rings (SSSR count). The van der Waals surface area contributed by atoms with E-state index in [4.69, 9.17) is 22.7 Å². The zero-order valence-electron chi connectivity index (χ0n) is 11.7. The highest BCUT2D eigenvalue weighted by atomic mass is 32.1. The lowest BCUT2D eigenvalue weighted by atomic mass is 9.76. The summed E-state index contributed by atoms with van der Waals surface area (Å²) >= 11 is 5.19. The molecule has 5 heteroatoms. The Bertz CT molecular complexity index is 355. The van der Waals surface area contributed by atoms with Gasteiger partial charge in [-0.1, -0.05) is 31.5 Å². The lowest BCUT2D eigenvalue weighted by Crippen LogP contribution is -2.59. The second-order valence-electron chi connectivity index (χ2n) is 5.97. The van der Waals surface area contributed by atoms with E-state index < -0.39 is 5.54 Å². The van der Waals surface area contributed by atoms with Crippen LogP contribution in [0.3, 0.4) is 0 Å². The number of amides is 1. The number of carbonyl (C=O) groups is 1. The van der Waals surface area contributed by atoms with Crippen molar-refractivity contribution >= 4 is 23.1 Å². The Morgan fingerprint density at radius 2 is 1.84 bits per heavy atom. The molecule has 19 heavy (non-hydrogen) atoms. The molecule has 3 N–H and O–H groups in total. The van der Waals surface area contributed by atoms with Gasteiger partial charge in [-0.3, -0.25) is 4.79 Å². The van der Waals surface area contributed by atoms with Gasteiger partial charge in [0.1, 0.15) is 0 Å². The Morgan fingerprint density at radius 1 is 1.21 bits per heavy atom. The van der Waals surface area contributed by atoms with Gasteiger partial charge in [-0.15, -0.1) is 0 Å². The van der Waals surface area contributed by atoms with E-state index in [2.05, 4.69) is 5.32 Å². The molecule has 2 saturated carbocycles. The van der Waals surface area contributed by atoms with Crippen molar-refractivity contribution in [1.82, 2.24) is 5.32 Å². The van der Waals surface area contributed by atoms with E-state index in [1.807, 2.05) is 0 Å². The first-order valence-corrected chi connectivity index (χ1v) is 7.59. The normalized spacial score (nSPS) is 24.3. The lowest BCUT2D eigenvalue weighted by Gasteiger charge is -2.42. The van der Waals surface area contributed by atoms with Crippen molar-refractivity contribution in [3.05, 3.63) is 0 Å². The summed E-state index contributed by atoms with van der Waals surface area (Å²) in [5, 5.41) is 3.10. The topological polar surface area (TPSA) is 64.3 Å². The van der Waals surface area contributed by atoms with Gasteiger partial charge in [-0.25, -0.2) is 0 Å². The summed E-state index contributed by atoms with van der Waals surface area (Å²) < 4.78 is 5.50. The molecule has 0 aromatic heterocycles. The molecule has 2 aliphatic carbocycles. The van der Waals surface area contributed by atoms with E-state index in [1.165, 1.54) is 6.42 Å². The second kappa shape index (κ2) is 5.75. The summed E-state index contributed by atoms with van der Waals surface area (Å²) in [4.78, 5) is 12.7. The van der Waals surface area contributed by atoms with Gasteiger partial charge in [0.15, 0.2) is 0 Å². The Hall–Kier alpha value is -0.680. The molecule has 0 radical (unpaired) electrons. The maximum absolute atomic E-state index is 12.3. The number of hydrogen-bond acceptors (Lipinski definition) is 3. The third kappa shape index (κ3) is 3.08. The number of rotatable bonds is 5. The minimum Gasteiger partial charge on any atom is -0.391 e. The molecule has 4 nitrogen and oxygen atoms in total. The predicted octanol–water partition coefficient (Wildman–Crippen LogP) is 2.05. The summed E-state index contributed by atoms with van der Waals surface area (Å²) in [7, 11) is 1.69. The first-order chi connectivity index (χ1) is 9.02. The Morgan fingerprint density at radius 3 is 2.26 bits per heavy atom. The second-order valence-corrected chi connectivity index (χ2v) is 6.41. The van der Waals surface area contributed by atoms with E-state index in [0.717, 1.165) is 44.9 Å². The molecule has 0 saturated heterocycles. The number of methoxy groups -OCH3 is 1. The largest absolute Gasteiger partial charge is 0.391 e. The Balaban J connectivity index is 1.97. The van der Waals surface area contributed by atoms with E-state index >= 15 is 0 Å². The number of ether oxygens (including phenoxy) is 1. The zero-order valence-corrected chi connectivity index (χ0v) is 12.5. The van der Waals surface area contributed by atoms with Crippen LogP contribution < -0.4 is 11.1 Å². The van der Waals surface area contributed by atoms with Gasteiger partial charge in [0.2, 0.25) is 5.91 Å². The summed E-state index contributed by atoms with van der Waals surface area (Å²) in [5.41, 5.74) is 5.18. The molecule has 108 valence electrons. The van der Waals surface area contributed by atoms with Crippen LogP contribution >= 0.6 is 12.2 Å². The minimum atomic E-state index is -0.455. The van der Waals surface area contributed by atoms with Crippen molar-refractivity contribution in [3.63, 3.8) is 0 Å². The van der Waals surface area contributed by atoms with Crippen LogP contribution in [0.25, 0.3) is 0 Å². The monoisotopic (exact) mass is 284 g/mol. The molecule has 0 aromatic rings. The van der Waals surface area contributed by atoms with Crippen molar-refractivity contribution in [2.45, 2.75) is 68.9 Å². The smallest absolute Gasteiger partial charge is 0.223 e. The van der Waals surface area contributed by atoms with E-state index in [-0.39, 0.29) is 11.5 Å². The quantitative estimate of drug-likeness (QED) is 0.758. The Labute approximate surface area is 120 Å². The third-order valence-corrected chi connectivity index (χ3v) is 5.13. The number of nitrogens with two attached hydrogens (primary N) is 1. The molecule has 2 fully saturated rings. The fraction of sp³-hybridized carbons (Fsp3) is 0.857. The fourth-order valence-electron chi connectivity index (χ4n) is 3.22. The van der Waals surface area contributed by atoms with Gasteiger partial charge in [0.25, 0.3) is 0 Å². The van der Waals surface area contributed by atoms with E-state index in [0.29, 0.717) is 11.4 Å². The van der Waals surface area contributed by atoms with E-state index in [1.54, 1.807) is 7.11 Å². The van der Waals surface area contributed by atoms with Crippen LogP contribution in [-0.4, -0.2) is 29.1 Å². The van der Waals surface area contributed by atoms with Gasteiger partial charge < -0.3 is 15.8 Å². The molecule has 0 atom stereocenters. The maximum atomic E-state index is 12.3. The molecule has 0 spiro atoms. The summed E-state index contributed by atoms with van der Waals surface area (Å²) in [5.74, 6) is 0.0243. The van der Waals surface area contributed by atoms with Crippen LogP contribution in [0.2, 0.25) is 0 Å². The van der Waals surface area contributed by atoms with E-state index in [9.17, 15) is 4.79 Å². The first-order valence-electron chi connectivity index (χ1n) is 7.18. The number of hydrogen-bond donors (Lipinski definition) is 2. The number of carbonyl (C=O) groups excluding carboxylic acids is 1. The molecule has 2 aliphatic rings. The predicted molar refractivity (Wildman–Crippen MR) is 79.0 cm³/mol. The number of nitrogens with one attached hydrogen (secondary N) is 1. The van der Waals surface area contributed by atoms with Crippen LogP contribution in [0.4, 0.5) is 0 Å². The van der Waals surface area contributed by atoms with Crippen molar-refractivity contribution in [1.29, 1.82) is 0 Å². The zero-order chi connectivity index (χ0) is 13.9. The molecular weight excluding hydrogens is 260 g/mol. The molecule has 0 unspecified atom stereocenters. The van der Waals surface area contributed by atoms with Crippen LogP contribution in [0.5, 0.6) is 0 Å². The Kier molecular flexibility index (Phi) is 4.46. The van der Waals surface area contributed by atoms with Crippen molar-refractivity contribution in [2.75, 3.05) is 7.11 Å². The maximum Gasteiger partial charge on any atom is 0.223 e. The van der Waals surface area contributed by atoms with Gasteiger partial charge in [0, 0.05) is 7.11 Å². The number of thiocarbonyl (C=S) groups is 1. The summed E-state index contributed by atoms with van der Waals surface area (Å²) in [6.07, 6.45) is 8.59. The minimum absolute atomic E-state index is 0.0243. The van der Waals surface area contributed by atoms with Crippen LogP contribution in [-0.2, 0) is 9.53 Å². The lowest BCUT2D eigenvalue weighted by molar-refractivity contribution is -0.135. The molecule has 0 heterocycles. The fourth-order valence-corrected chi connectivity index (χ4v) is 3.47. The van der Waals surface area contributed by atoms with Crippen molar-refractivity contribution < 1.29 is 9.53 Å². The van der Waals surface area contributed by atoms with Crippen molar-refractivity contribution in [2.24, 2.45) is 5.73 Å². The third-order valence-electron chi connectivity index (χ3n) is 4.74. The highest BCUT2D eigenvalue weighted by molar-refractivity contribution is 7.80. The standard InChI is InChI=1S/C14H24N2O2S/c1-18-13(6-5-7-13)10-11(17)16-14(12(15)19)8-3-2-4-9-14/h2-10H2,1H3,(H2,15,19)(H,16,17). The van der Waals surface area contributed by atoms with Gasteiger partial charge in [0.05, 0.1) is 22.5 Å². The SMILES string of the molecule is COC1(CC(=O)NC2(C(N)=S)CCCCC2)CCC1. The highest BCUT2D eigenvalue weighted by Crippen LogP contribution is 2.38. The average molecular weight is 284 g/mol. The molecule has 0 aliphatic heterocycles. The van der Waals surface area contributed by atoms with Crippen LogP contribution in [0.15, 0.2) is 0 Å². The summed E-state index contributed by atoms with van der Waals surface area (Å²) in [6, 6.07) is 0. The van der Waals surface area contributed by atoms with Gasteiger partial charge in [-0.05, 0) is 32.1 Å². The molecule has 0 bridgehead atoms. The van der Waals surface area contributed by atoms with Crippen molar-refractivity contribution in [3.8, 4) is 0 Å². The average Bonchev–Trinajstić information content (AvgIpc) is 2.35. The molecule has 1 amide bonds. The summed E-state index contributed by atoms with van der Waals surface area (Å²) in [6.45, 7) is 0. The van der Waals surface area contributed by atoms with Crippen LogP contribution in [0, 0.1) is 0 Å². The molecular formula is C14H24N2O2S. The van der Waals surface area contributed by atoms with Gasteiger partial charge >= 0.3 is 0 Å². The van der Waals surface area contributed by atoms with Crippen LogP contribution in [0.1, 0.15) is 57.8 Å².